The monoisotopic (exact) mass is 368 g/mol. The van der Waals surface area contributed by atoms with Gasteiger partial charge >= 0.3 is 6.18 Å². The molecule has 0 radical (unpaired) electrons. The van der Waals surface area contributed by atoms with Gasteiger partial charge in [0.05, 0.1) is 11.6 Å². The molecule has 1 heterocycles. The molecule has 0 bridgehead atoms. The Balaban J connectivity index is 1.88. The molecule has 2 aromatic rings. The molecule has 1 aromatic carbocycles. The third-order valence-electron chi connectivity index (χ3n) is 2.39. The van der Waals surface area contributed by atoms with Crippen LogP contribution in [0.25, 0.3) is 0 Å². The Kier molecular flexibility index (Phi) is 5.77. The van der Waals surface area contributed by atoms with Gasteiger partial charge in [0, 0.05) is 23.0 Å². The highest BCUT2D eigenvalue weighted by molar-refractivity contribution is 7.99. The lowest BCUT2D eigenvalue weighted by Crippen LogP contribution is -2.09. The van der Waals surface area contributed by atoms with Crippen molar-refractivity contribution in [2.75, 3.05) is 12.4 Å². The van der Waals surface area contributed by atoms with Crippen molar-refractivity contribution in [3.63, 3.8) is 0 Å². The lowest BCUT2D eigenvalue weighted by Gasteiger charge is -2.09. The smallest absolute Gasteiger partial charge is 0.433 e. The van der Waals surface area contributed by atoms with Crippen LogP contribution in [-0.2, 0) is 6.18 Å². The number of aromatic nitrogens is 2. The maximum absolute atomic E-state index is 12.5. The standard InChI is InChI=1S/C13H9Cl2F3N2OS/c14-8-1-2-9(15)10(7-8)21-5-6-22-12-19-4-3-11(20-12)13(16,17)18/h1-4,7H,5-6H2. The molecule has 0 saturated heterocycles. The van der Waals surface area contributed by atoms with Crippen molar-refractivity contribution in [3.8, 4) is 5.75 Å². The van der Waals surface area contributed by atoms with Gasteiger partial charge in [-0.05, 0) is 18.2 Å². The molecule has 0 spiro atoms. The fourth-order valence-electron chi connectivity index (χ4n) is 1.44. The minimum Gasteiger partial charge on any atom is -0.491 e. The van der Waals surface area contributed by atoms with Crippen LogP contribution < -0.4 is 4.74 Å². The van der Waals surface area contributed by atoms with Crippen LogP contribution in [0.3, 0.4) is 0 Å². The van der Waals surface area contributed by atoms with E-state index in [2.05, 4.69) is 9.97 Å². The lowest BCUT2D eigenvalue weighted by molar-refractivity contribution is -0.141. The van der Waals surface area contributed by atoms with E-state index in [9.17, 15) is 13.2 Å². The molecule has 0 N–H and O–H groups in total. The molecule has 0 amide bonds. The number of ether oxygens (including phenoxy) is 1. The fourth-order valence-corrected chi connectivity index (χ4v) is 2.42. The Morgan fingerprint density at radius 2 is 1.95 bits per heavy atom. The van der Waals surface area contributed by atoms with Crippen molar-refractivity contribution < 1.29 is 17.9 Å². The molecule has 9 heteroatoms. The van der Waals surface area contributed by atoms with Gasteiger partial charge in [0.1, 0.15) is 11.4 Å². The number of benzene rings is 1. The Bertz CT molecular complexity index is 655. The first kappa shape index (κ1) is 17.2. The Morgan fingerprint density at radius 1 is 1.18 bits per heavy atom. The van der Waals surface area contributed by atoms with Crippen LogP contribution in [0, 0.1) is 0 Å². The highest BCUT2D eigenvalue weighted by Crippen LogP contribution is 2.29. The second-order valence-corrected chi connectivity index (χ2v) is 5.90. The summed E-state index contributed by atoms with van der Waals surface area (Å²) in [5.41, 5.74) is -0.969. The number of thioether (sulfide) groups is 1. The first-order valence-corrected chi connectivity index (χ1v) is 7.71. The molecule has 1 aromatic heterocycles. The van der Waals surface area contributed by atoms with Crippen LogP contribution in [0.15, 0.2) is 35.6 Å². The first-order chi connectivity index (χ1) is 10.4. The van der Waals surface area contributed by atoms with E-state index in [0.717, 1.165) is 24.0 Å². The van der Waals surface area contributed by atoms with Gasteiger partial charge in [0.15, 0.2) is 5.16 Å². The molecule has 3 nitrogen and oxygen atoms in total. The van der Waals surface area contributed by atoms with Crippen molar-refractivity contribution in [1.82, 2.24) is 9.97 Å². The van der Waals surface area contributed by atoms with Crippen LogP contribution in [0.1, 0.15) is 5.69 Å². The largest absolute Gasteiger partial charge is 0.491 e. The molecule has 2 rings (SSSR count). The van der Waals surface area contributed by atoms with Crippen molar-refractivity contribution in [2.45, 2.75) is 11.3 Å². The maximum Gasteiger partial charge on any atom is 0.433 e. The summed E-state index contributed by atoms with van der Waals surface area (Å²) in [6.07, 6.45) is -3.41. The number of hydrogen-bond donors (Lipinski definition) is 0. The second-order valence-electron chi connectivity index (χ2n) is 3.99. The van der Waals surface area contributed by atoms with E-state index >= 15 is 0 Å². The van der Waals surface area contributed by atoms with Crippen LogP contribution >= 0.6 is 35.0 Å². The van der Waals surface area contributed by atoms with Crippen molar-refractivity contribution in [3.05, 3.63) is 46.2 Å². The second kappa shape index (κ2) is 7.39. The van der Waals surface area contributed by atoms with Crippen molar-refractivity contribution >= 4 is 35.0 Å². The lowest BCUT2D eigenvalue weighted by atomic mass is 10.3. The zero-order valence-corrected chi connectivity index (χ0v) is 13.2. The average molecular weight is 369 g/mol. The molecule has 0 unspecified atom stereocenters. The van der Waals surface area contributed by atoms with E-state index in [1.807, 2.05) is 0 Å². The average Bonchev–Trinajstić information content (AvgIpc) is 2.46. The molecule has 0 atom stereocenters. The van der Waals surface area contributed by atoms with Crippen LogP contribution in [-0.4, -0.2) is 22.3 Å². The minimum absolute atomic E-state index is 0.0376. The number of nitrogens with zero attached hydrogens (tertiary/aromatic N) is 2. The number of halogens is 5. The topological polar surface area (TPSA) is 35.0 Å². The summed E-state index contributed by atoms with van der Waals surface area (Å²) in [7, 11) is 0. The molecule has 118 valence electrons. The predicted octanol–water partition coefficient (Wildman–Crippen LogP) is 4.97. The summed E-state index contributed by atoms with van der Waals surface area (Å²) >= 11 is 12.8. The zero-order valence-electron chi connectivity index (χ0n) is 10.9. The van der Waals surface area contributed by atoms with E-state index < -0.39 is 11.9 Å². The SMILES string of the molecule is FC(F)(F)c1ccnc(SCCOc2cc(Cl)ccc2Cl)n1. The summed E-state index contributed by atoms with van der Waals surface area (Å²) in [4.78, 5) is 7.22. The van der Waals surface area contributed by atoms with Gasteiger partial charge in [-0.2, -0.15) is 13.2 Å². The Labute approximate surface area is 138 Å². The third-order valence-corrected chi connectivity index (χ3v) is 3.76. The van der Waals surface area contributed by atoms with Crippen molar-refractivity contribution in [2.24, 2.45) is 0 Å². The van der Waals surface area contributed by atoms with E-state index in [1.54, 1.807) is 18.2 Å². The van der Waals surface area contributed by atoms with Crippen LogP contribution in [0.2, 0.25) is 10.0 Å². The molecule has 0 aliphatic heterocycles. The van der Waals surface area contributed by atoms with Crippen LogP contribution in [0.5, 0.6) is 5.75 Å². The maximum atomic E-state index is 12.5. The molecule has 0 aliphatic carbocycles. The predicted molar refractivity (Wildman–Crippen MR) is 79.7 cm³/mol. The van der Waals surface area contributed by atoms with Gasteiger partial charge in [-0.1, -0.05) is 35.0 Å². The van der Waals surface area contributed by atoms with Gasteiger partial charge in [0.2, 0.25) is 0 Å². The summed E-state index contributed by atoms with van der Waals surface area (Å²) in [5, 5.41) is 0.925. The molecule has 0 aliphatic rings. The van der Waals surface area contributed by atoms with Crippen LogP contribution in [0.4, 0.5) is 13.2 Å². The summed E-state index contributed by atoms with van der Waals surface area (Å²) < 4.78 is 42.9. The first-order valence-electron chi connectivity index (χ1n) is 5.97. The van der Waals surface area contributed by atoms with Gasteiger partial charge in [0.25, 0.3) is 0 Å². The fraction of sp³-hybridized carbons (Fsp3) is 0.231. The quantitative estimate of drug-likeness (QED) is 0.423. The van der Waals surface area contributed by atoms with E-state index in [-0.39, 0.29) is 11.8 Å². The third kappa shape index (κ3) is 4.93. The van der Waals surface area contributed by atoms with E-state index in [1.165, 1.54) is 0 Å². The van der Waals surface area contributed by atoms with Gasteiger partial charge in [-0.25, -0.2) is 9.97 Å². The molecule has 22 heavy (non-hydrogen) atoms. The Morgan fingerprint density at radius 3 is 2.68 bits per heavy atom. The number of alkyl halides is 3. The van der Waals surface area contributed by atoms with Gasteiger partial charge < -0.3 is 4.74 Å². The number of rotatable bonds is 5. The highest BCUT2D eigenvalue weighted by Gasteiger charge is 2.32. The van der Waals surface area contributed by atoms with Crippen molar-refractivity contribution in [1.29, 1.82) is 0 Å². The highest BCUT2D eigenvalue weighted by atomic mass is 35.5. The summed E-state index contributed by atoms with van der Waals surface area (Å²) in [6.45, 7) is 0.227. The number of hydrogen-bond acceptors (Lipinski definition) is 4. The molecule has 0 fully saturated rings. The molecule has 0 saturated carbocycles. The summed E-state index contributed by atoms with van der Waals surface area (Å²) in [5.74, 6) is 0.782. The molecular formula is C13H9Cl2F3N2OS. The Hall–Kier alpha value is -1.18. The minimum atomic E-state index is -4.48. The van der Waals surface area contributed by atoms with Gasteiger partial charge in [-0.15, -0.1) is 0 Å². The van der Waals surface area contributed by atoms with E-state index in [4.69, 9.17) is 27.9 Å². The van der Waals surface area contributed by atoms with E-state index in [0.29, 0.717) is 21.5 Å². The van der Waals surface area contributed by atoms with Gasteiger partial charge in [-0.3, -0.25) is 0 Å². The zero-order chi connectivity index (χ0) is 16.2. The summed E-state index contributed by atoms with van der Waals surface area (Å²) in [6, 6.07) is 5.62. The normalized spacial score (nSPS) is 11.5. The molecular weight excluding hydrogens is 360 g/mol.